The highest BCUT2D eigenvalue weighted by molar-refractivity contribution is 6.41. The lowest BCUT2D eigenvalue weighted by Crippen LogP contribution is -2.19. The van der Waals surface area contributed by atoms with E-state index in [0.29, 0.717) is 39.8 Å². The highest BCUT2D eigenvalue weighted by Crippen LogP contribution is 2.40. The van der Waals surface area contributed by atoms with Gasteiger partial charge in [-0.3, -0.25) is 14.6 Å². The minimum atomic E-state index is -0.359. The summed E-state index contributed by atoms with van der Waals surface area (Å²) in [4.78, 5) is 28.9. The van der Waals surface area contributed by atoms with E-state index in [1.807, 2.05) is 0 Å². The Balaban J connectivity index is 1.98. The fraction of sp³-hybridized carbons (Fsp3) is 0.0625. The molecule has 0 radical (unpaired) electrons. The molecule has 4 heteroatoms. The molecule has 0 aliphatic heterocycles. The van der Waals surface area contributed by atoms with Crippen LogP contribution in [0, 0.1) is 5.82 Å². The normalized spacial score (nSPS) is 16.1. The number of hydrogen-bond acceptors (Lipinski definition) is 3. The molecule has 2 aromatic rings. The zero-order valence-corrected chi connectivity index (χ0v) is 10.3. The number of ketones is 2. The van der Waals surface area contributed by atoms with E-state index < -0.39 is 0 Å². The molecule has 2 aliphatic rings. The van der Waals surface area contributed by atoms with E-state index in [1.165, 1.54) is 24.5 Å². The predicted molar refractivity (Wildman–Crippen MR) is 69.9 cm³/mol. The lowest BCUT2D eigenvalue weighted by molar-refractivity contribution is 0.0991. The van der Waals surface area contributed by atoms with E-state index in [0.717, 1.165) is 0 Å². The number of carbonyl (C=O) groups excluding carboxylic acids is 2. The van der Waals surface area contributed by atoms with Crippen LogP contribution < -0.4 is 0 Å². The summed E-state index contributed by atoms with van der Waals surface area (Å²) in [6.45, 7) is 0. The second-order valence-electron chi connectivity index (χ2n) is 4.91. The molecule has 0 saturated heterocycles. The van der Waals surface area contributed by atoms with Crippen molar-refractivity contribution in [3.8, 4) is 0 Å². The number of fused-ring (bicyclic) bond motifs is 3. The number of pyridine rings is 1. The first-order chi connectivity index (χ1) is 9.66. The SMILES string of the molecule is O=C1C2=C(C(=O)c3cnccc31)c1ccc(F)cc1C2. The molecule has 0 bridgehead atoms. The second kappa shape index (κ2) is 3.70. The van der Waals surface area contributed by atoms with Crippen LogP contribution in [0.1, 0.15) is 31.8 Å². The summed E-state index contributed by atoms with van der Waals surface area (Å²) in [5.74, 6) is -0.718. The Morgan fingerprint density at radius 1 is 1.00 bits per heavy atom. The van der Waals surface area contributed by atoms with Gasteiger partial charge in [-0.15, -0.1) is 0 Å². The topological polar surface area (TPSA) is 47.0 Å². The number of rotatable bonds is 0. The van der Waals surface area contributed by atoms with Gasteiger partial charge in [0, 0.05) is 35.5 Å². The summed E-state index contributed by atoms with van der Waals surface area (Å²) in [5, 5.41) is 0. The van der Waals surface area contributed by atoms with E-state index in [1.54, 1.807) is 12.1 Å². The number of nitrogens with zero attached hydrogens (tertiary/aromatic N) is 1. The van der Waals surface area contributed by atoms with Crippen LogP contribution in [0.15, 0.2) is 42.2 Å². The van der Waals surface area contributed by atoms with E-state index >= 15 is 0 Å². The van der Waals surface area contributed by atoms with Gasteiger partial charge in [0.05, 0.1) is 5.56 Å². The number of carbonyl (C=O) groups is 2. The van der Waals surface area contributed by atoms with Crippen molar-refractivity contribution >= 4 is 17.1 Å². The smallest absolute Gasteiger partial charge is 0.196 e. The molecule has 96 valence electrons. The molecule has 0 unspecified atom stereocenters. The van der Waals surface area contributed by atoms with E-state index in [4.69, 9.17) is 0 Å². The Morgan fingerprint density at radius 3 is 2.70 bits per heavy atom. The number of hydrogen-bond donors (Lipinski definition) is 0. The van der Waals surface area contributed by atoms with Crippen LogP contribution in [-0.2, 0) is 6.42 Å². The molecule has 1 aromatic carbocycles. The summed E-state index contributed by atoms with van der Waals surface area (Å²) in [5.41, 5.74) is 2.94. The van der Waals surface area contributed by atoms with Gasteiger partial charge in [-0.1, -0.05) is 6.07 Å². The fourth-order valence-corrected chi connectivity index (χ4v) is 2.92. The van der Waals surface area contributed by atoms with Crippen LogP contribution in [0.4, 0.5) is 4.39 Å². The average Bonchev–Trinajstić information content (AvgIpc) is 2.83. The van der Waals surface area contributed by atoms with Gasteiger partial charge < -0.3 is 0 Å². The zero-order chi connectivity index (χ0) is 13.9. The molecule has 0 atom stereocenters. The fourth-order valence-electron chi connectivity index (χ4n) is 2.92. The maximum atomic E-state index is 13.3. The van der Waals surface area contributed by atoms with Gasteiger partial charge in [0.2, 0.25) is 0 Å². The Hall–Kier alpha value is -2.62. The summed E-state index contributed by atoms with van der Waals surface area (Å²) in [6, 6.07) is 5.82. The predicted octanol–water partition coefficient (Wildman–Crippen LogP) is 2.61. The first-order valence-electron chi connectivity index (χ1n) is 6.22. The second-order valence-corrected chi connectivity index (χ2v) is 4.91. The molecule has 1 aromatic heterocycles. The average molecular weight is 265 g/mol. The standard InChI is InChI=1S/C16H8FNO2/c17-9-1-2-10-8(5-9)6-12-14(10)16(20)13-7-18-4-3-11(13)15(12)19/h1-5,7H,6H2. The number of allylic oxidation sites excluding steroid dienone is 2. The van der Waals surface area contributed by atoms with Crippen LogP contribution in [0.3, 0.4) is 0 Å². The van der Waals surface area contributed by atoms with Crippen LogP contribution in [-0.4, -0.2) is 16.6 Å². The Labute approximate surface area is 113 Å². The van der Waals surface area contributed by atoms with Gasteiger partial charge in [0.25, 0.3) is 0 Å². The van der Waals surface area contributed by atoms with Gasteiger partial charge in [0.15, 0.2) is 11.6 Å². The molecule has 3 nitrogen and oxygen atoms in total. The lowest BCUT2D eigenvalue weighted by Gasteiger charge is -2.15. The summed E-state index contributed by atoms with van der Waals surface area (Å²) < 4.78 is 13.3. The highest BCUT2D eigenvalue weighted by atomic mass is 19.1. The molecular weight excluding hydrogens is 257 g/mol. The van der Waals surface area contributed by atoms with Crippen molar-refractivity contribution < 1.29 is 14.0 Å². The van der Waals surface area contributed by atoms with Gasteiger partial charge in [-0.2, -0.15) is 0 Å². The third-order valence-electron chi connectivity index (χ3n) is 3.82. The molecule has 0 N–H and O–H groups in total. The summed E-state index contributed by atoms with van der Waals surface area (Å²) in [7, 11) is 0. The Bertz CT molecular complexity index is 836. The molecular formula is C16H8FNO2. The maximum Gasteiger partial charge on any atom is 0.196 e. The molecule has 0 spiro atoms. The van der Waals surface area contributed by atoms with Gasteiger partial charge in [0.1, 0.15) is 5.82 Å². The largest absolute Gasteiger partial charge is 0.289 e. The van der Waals surface area contributed by atoms with E-state index in [-0.39, 0.29) is 17.4 Å². The number of aromatic nitrogens is 1. The number of halogens is 1. The quantitative estimate of drug-likeness (QED) is 0.735. The van der Waals surface area contributed by atoms with Crippen molar-refractivity contribution in [2.45, 2.75) is 6.42 Å². The lowest BCUT2D eigenvalue weighted by atomic mass is 9.85. The maximum absolute atomic E-state index is 13.3. The van der Waals surface area contributed by atoms with Crippen LogP contribution in [0.2, 0.25) is 0 Å². The van der Waals surface area contributed by atoms with Crippen LogP contribution in [0.25, 0.3) is 5.57 Å². The van der Waals surface area contributed by atoms with E-state index in [2.05, 4.69) is 4.98 Å². The number of Topliss-reactive ketones (excluding diaryl/α,β-unsaturated/α-hetero) is 2. The molecule has 4 rings (SSSR count). The summed E-state index contributed by atoms with van der Waals surface area (Å²) >= 11 is 0. The van der Waals surface area contributed by atoms with Gasteiger partial charge in [-0.05, 0) is 29.3 Å². The summed E-state index contributed by atoms with van der Waals surface area (Å²) in [6.07, 6.45) is 3.23. The molecule has 20 heavy (non-hydrogen) atoms. The first kappa shape index (κ1) is 11.2. The van der Waals surface area contributed by atoms with Crippen molar-refractivity contribution in [2.75, 3.05) is 0 Å². The van der Waals surface area contributed by atoms with Crippen molar-refractivity contribution in [1.82, 2.24) is 4.98 Å². The van der Waals surface area contributed by atoms with Gasteiger partial charge >= 0.3 is 0 Å². The van der Waals surface area contributed by atoms with E-state index in [9.17, 15) is 14.0 Å². The monoisotopic (exact) mass is 265 g/mol. The third kappa shape index (κ3) is 1.30. The van der Waals surface area contributed by atoms with Gasteiger partial charge in [-0.25, -0.2) is 4.39 Å². The molecule has 0 fully saturated rings. The highest BCUT2D eigenvalue weighted by Gasteiger charge is 2.37. The van der Waals surface area contributed by atoms with Crippen molar-refractivity contribution in [1.29, 1.82) is 0 Å². The zero-order valence-electron chi connectivity index (χ0n) is 10.3. The van der Waals surface area contributed by atoms with Crippen LogP contribution >= 0.6 is 0 Å². The van der Waals surface area contributed by atoms with Crippen molar-refractivity contribution in [3.63, 3.8) is 0 Å². The minimum absolute atomic E-state index is 0.159. The molecule has 0 saturated carbocycles. The Morgan fingerprint density at radius 2 is 1.85 bits per heavy atom. The molecule has 2 aliphatic carbocycles. The minimum Gasteiger partial charge on any atom is -0.289 e. The third-order valence-corrected chi connectivity index (χ3v) is 3.82. The Kier molecular flexibility index (Phi) is 2.07. The molecule has 0 amide bonds. The number of benzene rings is 1. The van der Waals surface area contributed by atoms with Crippen molar-refractivity contribution in [3.05, 3.63) is 70.3 Å². The first-order valence-corrected chi connectivity index (χ1v) is 6.22. The van der Waals surface area contributed by atoms with Crippen molar-refractivity contribution in [2.24, 2.45) is 0 Å². The van der Waals surface area contributed by atoms with Crippen LogP contribution in [0.5, 0.6) is 0 Å². The molecule has 1 heterocycles.